The number of halogens is 1. The van der Waals surface area contributed by atoms with Crippen LogP contribution in [0.25, 0.3) is 5.69 Å². The molecule has 1 aliphatic heterocycles. The zero-order valence-electron chi connectivity index (χ0n) is 17.9. The van der Waals surface area contributed by atoms with E-state index in [-0.39, 0.29) is 6.61 Å². The Morgan fingerprint density at radius 1 is 1.06 bits per heavy atom. The van der Waals surface area contributed by atoms with Crippen LogP contribution in [0.2, 0.25) is 5.02 Å². The maximum absolute atomic E-state index is 11.5. The first kappa shape index (κ1) is 22.7. The van der Waals surface area contributed by atoms with Gasteiger partial charge in [0, 0.05) is 28.8 Å². The predicted molar refractivity (Wildman–Crippen MR) is 121 cm³/mol. The Kier molecular flexibility index (Phi) is 6.48. The average molecular weight is 478 g/mol. The number of methoxy groups -OCH3 is 2. The van der Waals surface area contributed by atoms with E-state index in [4.69, 9.17) is 30.0 Å². The largest absolute Gasteiger partial charge is 0.493 e. The van der Waals surface area contributed by atoms with Gasteiger partial charge in [0.05, 0.1) is 38.5 Å². The van der Waals surface area contributed by atoms with Crippen molar-refractivity contribution in [3.8, 4) is 17.2 Å². The van der Waals surface area contributed by atoms with Crippen molar-refractivity contribution in [1.82, 2.24) is 4.57 Å². The van der Waals surface area contributed by atoms with E-state index in [0.717, 1.165) is 28.8 Å². The van der Waals surface area contributed by atoms with E-state index in [1.165, 1.54) is 0 Å². The average Bonchev–Trinajstić information content (AvgIpc) is 3.20. The summed E-state index contributed by atoms with van der Waals surface area (Å²) in [6, 6.07) is 15.1. The van der Waals surface area contributed by atoms with E-state index in [1.807, 2.05) is 59.3 Å². The normalized spacial score (nSPS) is 17.9. The van der Waals surface area contributed by atoms with E-state index in [0.29, 0.717) is 22.9 Å². The van der Waals surface area contributed by atoms with Crippen LogP contribution in [0.5, 0.6) is 11.5 Å². The highest BCUT2D eigenvalue weighted by molar-refractivity contribution is 7.85. The highest BCUT2D eigenvalue weighted by Gasteiger charge is 2.33. The van der Waals surface area contributed by atoms with Gasteiger partial charge in [-0.25, -0.2) is 0 Å². The first-order valence-corrected chi connectivity index (χ1v) is 12.2. The Balaban J connectivity index is 1.85. The molecule has 7 nitrogen and oxygen atoms in total. The fraction of sp³-hybridized carbons (Fsp3) is 0.304. The molecule has 4 rings (SSSR count). The van der Waals surface area contributed by atoms with E-state index < -0.39 is 22.3 Å². The molecule has 0 spiro atoms. The molecule has 0 saturated heterocycles. The van der Waals surface area contributed by atoms with Gasteiger partial charge in [-0.2, -0.15) is 8.42 Å². The molecule has 0 saturated carbocycles. The molecule has 0 N–H and O–H groups in total. The summed E-state index contributed by atoms with van der Waals surface area (Å²) in [6.45, 7) is -0.00620. The summed E-state index contributed by atoms with van der Waals surface area (Å²) >= 11 is 6.38. The molecule has 1 aliphatic rings. The summed E-state index contributed by atoms with van der Waals surface area (Å²) in [5.74, 6) is 1.14. The Hall–Kier alpha value is -2.52. The Morgan fingerprint density at radius 3 is 2.59 bits per heavy atom. The zero-order chi connectivity index (χ0) is 22.9. The molecule has 0 bridgehead atoms. The van der Waals surface area contributed by atoms with Crippen LogP contribution in [-0.4, -0.2) is 40.1 Å². The summed E-state index contributed by atoms with van der Waals surface area (Å²) in [6.07, 6.45) is 2.32. The summed E-state index contributed by atoms with van der Waals surface area (Å²) in [4.78, 5) is 0. The van der Waals surface area contributed by atoms with Gasteiger partial charge in [0.2, 0.25) is 0 Å². The number of nitrogens with zero attached hydrogens (tertiary/aromatic N) is 1. The van der Waals surface area contributed by atoms with Gasteiger partial charge in [0.25, 0.3) is 10.1 Å². The van der Waals surface area contributed by atoms with Gasteiger partial charge < -0.3 is 18.8 Å². The molecule has 2 heterocycles. The van der Waals surface area contributed by atoms with Crippen LogP contribution >= 0.6 is 11.6 Å². The molecule has 1 aromatic heterocycles. The molecular formula is C23H24ClNO6S. The smallest absolute Gasteiger partial charge is 0.264 e. The lowest BCUT2D eigenvalue weighted by molar-refractivity contribution is -0.00503. The van der Waals surface area contributed by atoms with Crippen molar-refractivity contribution in [1.29, 1.82) is 0 Å². The highest BCUT2D eigenvalue weighted by Crippen LogP contribution is 2.46. The summed E-state index contributed by atoms with van der Waals surface area (Å²) in [5, 5.41) is 0.576. The van der Waals surface area contributed by atoms with Crippen molar-refractivity contribution < 1.29 is 26.8 Å². The minimum atomic E-state index is -3.56. The molecular weight excluding hydrogens is 454 g/mol. The van der Waals surface area contributed by atoms with Crippen LogP contribution in [0.15, 0.2) is 54.7 Å². The SMILES string of the molecule is COc1cccc([C@@H]2O[C@@H](CCOS(C)(=O)=O)c3cccn3-c3ccc(Cl)cc32)c1OC. The van der Waals surface area contributed by atoms with Gasteiger partial charge in [0.15, 0.2) is 11.5 Å². The first-order chi connectivity index (χ1) is 15.3. The Bertz CT molecular complexity index is 1220. The van der Waals surface area contributed by atoms with Gasteiger partial charge >= 0.3 is 0 Å². The van der Waals surface area contributed by atoms with Gasteiger partial charge in [-0.15, -0.1) is 0 Å². The van der Waals surface area contributed by atoms with Crippen LogP contribution in [0.4, 0.5) is 0 Å². The molecule has 2 aromatic carbocycles. The van der Waals surface area contributed by atoms with E-state index in [1.54, 1.807) is 14.2 Å². The second-order valence-corrected chi connectivity index (χ2v) is 9.49. The lowest BCUT2D eigenvalue weighted by atomic mass is 9.98. The van der Waals surface area contributed by atoms with Crippen LogP contribution in [0.3, 0.4) is 0 Å². The highest BCUT2D eigenvalue weighted by atomic mass is 35.5. The zero-order valence-corrected chi connectivity index (χ0v) is 19.5. The van der Waals surface area contributed by atoms with Crippen LogP contribution in [0, 0.1) is 0 Å². The van der Waals surface area contributed by atoms with Crippen LogP contribution < -0.4 is 9.47 Å². The summed E-state index contributed by atoms with van der Waals surface area (Å²) in [7, 11) is -0.397. The number of fused-ring (bicyclic) bond motifs is 3. The van der Waals surface area contributed by atoms with E-state index >= 15 is 0 Å². The molecule has 0 amide bonds. The molecule has 3 aromatic rings. The fourth-order valence-corrected chi connectivity index (χ4v) is 4.60. The number of benzene rings is 2. The molecule has 32 heavy (non-hydrogen) atoms. The van der Waals surface area contributed by atoms with Crippen molar-refractivity contribution in [2.24, 2.45) is 0 Å². The van der Waals surface area contributed by atoms with Gasteiger partial charge in [-0.05, 0) is 36.4 Å². The molecule has 0 radical (unpaired) electrons. The monoisotopic (exact) mass is 477 g/mol. The first-order valence-electron chi connectivity index (χ1n) is 10.00. The lowest BCUT2D eigenvalue weighted by Gasteiger charge is -2.25. The van der Waals surface area contributed by atoms with Crippen molar-refractivity contribution in [2.45, 2.75) is 18.6 Å². The number of rotatable bonds is 7. The van der Waals surface area contributed by atoms with Crippen molar-refractivity contribution in [3.05, 3.63) is 76.6 Å². The van der Waals surface area contributed by atoms with Crippen molar-refractivity contribution in [3.63, 3.8) is 0 Å². The fourth-order valence-electron chi connectivity index (χ4n) is 4.02. The number of hydrogen-bond acceptors (Lipinski definition) is 6. The van der Waals surface area contributed by atoms with Gasteiger partial charge in [-0.1, -0.05) is 23.7 Å². The molecule has 9 heteroatoms. The minimum Gasteiger partial charge on any atom is -0.493 e. The topological polar surface area (TPSA) is 76.0 Å². The van der Waals surface area contributed by atoms with Crippen LogP contribution in [0.1, 0.15) is 35.4 Å². The quantitative estimate of drug-likeness (QED) is 0.460. The standard InChI is InChI=1S/C23H24ClNO6S/c1-28-21-8-4-6-16(23(21)29-2)22-17-14-15(24)9-10-18(17)25-12-5-7-19(25)20(31-22)11-13-30-32(3,26)27/h4-10,12,14,20,22H,11,13H2,1-3H3/t20-,22-/m0/s1. The molecule has 0 unspecified atom stereocenters. The Labute approximate surface area is 192 Å². The van der Waals surface area contributed by atoms with E-state index in [9.17, 15) is 8.42 Å². The predicted octanol–water partition coefficient (Wildman–Crippen LogP) is 4.67. The second-order valence-electron chi connectivity index (χ2n) is 7.41. The van der Waals surface area contributed by atoms with E-state index in [2.05, 4.69) is 0 Å². The lowest BCUT2D eigenvalue weighted by Crippen LogP contribution is -2.15. The molecule has 170 valence electrons. The third kappa shape index (κ3) is 4.49. The van der Waals surface area contributed by atoms with Crippen molar-refractivity contribution in [2.75, 3.05) is 27.1 Å². The third-order valence-electron chi connectivity index (χ3n) is 5.34. The number of para-hydroxylation sites is 1. The van der Waals surface area contributed by atoms with Crippen molar-refractivity contribution >= 4 is 21.7 Å². The Morgan fingerprint density at radius 2 is 1.88 bits per heavy atom. The summed E-state index contributed by atoms with van der Waals surface area (Å²) < 4.78 is 47.8. The number of aromatic nitrogens is 1. The second kappa shape index (κ2) is 9.15. The summed E-state index contributed by atoms with van der Waals surface area (Å²) in [5.41, 5.74) is 3.43. The number of ether oxygens (including phenoxy) is 3. The maximum atomic E-state index is 11.5. The maximum Gasteiger partial charge on any atom is 0.264 e. The third-order valence-corrected chi connectivity index (χ3v) is 6.17. The van der Waals surface area contributed by atoms with Gasteiger partial charge in [-0.3, -0.25) is 4.18 Å². The molecule has 2 atom stereocenters. The minimum absolute atomic E-state index is 0.00620. The number of hydrogen-bond donors (Lipinski definition) is 0. The molecule has 0 aliphatic carbocycles. The van der Waals surface area contributed by atoms with Crippen LogP contribution in [-0.2, 0) is 19.0 Å². The van der Waals surface area contributed by atoms with Gasteiger partial charge in [0.1, 0.15) is 12.2 Å². The molecule has 0 fully saturated rings.